The van der Waals surface area contributed by atoms with Gasteiger partial charge in [-0.3, -0.25) is 0 Å². The van der Waals surface area contributed by atoms with E-state index in [1.165, 1.54) is 25.7 Å². The smallest absolute Gasteiger partial charge is 0.0492 e. The van der Waals surface area contributed by atoms with Gasteiger partial charge in [-0.25, -0.2) is 0 Å². The topological polar surface area (TPSA) is 12.0 Å². The summed E-state index contributed by atoms with van der Waals surface area (Å²) in [6.07, 6.45) is 5.44. The summed E-state index contributed by atoms with van der Waals surface area (Å²) in [4.78, 5) is 0. The molecule has 1 saturated carbocycles. The SMILES string of the molecule is CN[C@]12c3ccccc3C[C@H]1CCC[C@@H]2C. The molecule has 1 N–H and O–H groups in total. The quantitative estimate of drug-likeness (QED) is 0.759. The third kappa shape index (κ3) is 1.15. The van der Waals surface area contributed by atoms with Crippen LogP contribution in [0.5, 0.6) is 0 Å². The molecule has 16 heavy (non-hydrogen) atoms. The van der Waals surface area contributed by atoms with Gasteiger partial charge in [0.15, 0.2) is 0 Å². The van der Waals surface area contributed by atoms with Crippen LogP contribution in [0.25, 0.3) is 0 Å². The van der Waals surface area contributed by atoms with Gasteiger partial charge in [-0.1, -0.05) is 37.6 Å². The van der Waals surface area contributed by atoms with E-state index in [0.717, 1.165) is 11.8 Å². The average molecular weight is 215 g/mol. The van der Waals surface area contributed by atoms with Gasteiger partial charge in [0.1, 0.15) is 0 Å². The van der Waals surface area contributed by atoms with Gasteiger partial charge in [0, 0.05) is 5.54 Å². The second-order valence-corrected chi connectivity index (χ2v) is 5.51. The van der Waals surface area contributed by atoms with E-state index in [4.69, 9.17) is 0 Å². The fourth-order valence-corrected chi connectivity index (χ4v) is 4.23. The number of benzene rings is 1. The zero-order valence-electron chi connectivity index (χ0n) is 10.3. The van der Waals surface area contributed by atoms with Gasteiger partial charge in [0.05, 0.1) is 0 Å². The summed E-state index contributed by atoms with van der Waals surface area (Å²) in [6, 6.07) is 9.04. The molecule has 0 unspecified atom stereocenters. The van der Waals surface area contributed by atoms with E-state index < -0.39 is 0 Å². The molecule has 3 rings (SSSR count). The van der Waals surface area contributed by atoms with Crippen LogP contribution in [0.15, 0.2) is 24.3 Å². The molecule has 0 saturated heterocycles. The van der Waals surface area contributed by atoms with Gasteiger partial charge in [0.2, 0.25) is 0 Å². The lowest BCUT2D eigenvalue weighted by atomic mass is 9.66. The highest BCUT2D eigenvalue weighted by molar-refractivity contribution is 5.41. The van der Waals surface area contributed by atoms with Gasteiger partial charge in [-0.2, -0.15) is 0 Å². The van der Waals surface area contributed by atoms with Gasteiger partial charge in [-0.15, -0.1) is 0 Å². The summed E-state index contributed by atoms with van der Waals surface area (Å²) >= 11 is 0. The molecule has 1 nitrogen and oxygen atoms in total. The predicted molar refractivity (Wildman–Crippen MR) is 67.4 cm³/mol. The van der Waals surface area contributed by atoms with Gasteiger partial charge >= 0.3 is 0 Å². The Morgan fingerprint density at radius 3 is 2.88 bits per heavy atom. The van der Waals surface area contributed by atoms with E-state index >= 15 is 0 Å². The Labute approximate surface area is 98.3 Å². The van der Waals surface area contributed by atoms with Crippen molar-refractivity contribution in [3.8, 4) is 0 Å². The van der Waals surface area contributed by atoms with E-state index in [0.29, 0.717) is 0 Å². The van der Waals surface area contributed by atoms with Crippen LogP contribution in [0.4, 0.5) is 0 Å². The van der Waals surface area contributed by atoms with Crippen molar-refractivity contribution in [1.82, 2.24) is 5.32 Å². The molecule has 2 aliphatic rings. The first-order chi connectivity index (χ1) is 7.79. The molecular formula is C15H21N. The minimum Gasteiger partial charge on any atom is -0.310 e. The first-order valence-corrected chi connectivity index (χ1v) is 6.56. The summed E-state index contributed by atoms with van der Waals surface area (Å²) in [5, 5.41) is 3.69. The molecule has 1 aromatic rings. The van der Waals surface area contributed by atoms with Crippen LogP contribution in [0.1, 0.15) is 37.3 Å². The lowest BCUT2D eigenvalue weighted by Gasteiger charge is -2.45. The molecule has 2 aliphatic carbocycles. The highest BCUT2D eigenvalue weighted by atomic mass is 15.0. The first kappa shape index (κ1) is 10.3. The number of nitrogens with one attached hydrogen (secondary N) is 1. The van der Waals surface area contributed by atoms with E-state index in [2.05, 4.69) is 43.6 Å². The zero-order chi connectivity index (χ0) is 11.2. The molecule has 86 valence electrons. The molecule has 1 fully saturated rings. The Bertz CT molecular complexity index is 398. The van der Waals surface area contributed by atoms with Crippen LogP contribution in [0.3, 0.4) is 0 Å². The molecule has 0 aromatic heterocycles. The first-order valence-electron chi connectivity index (χ1n) is 6.56. The van der Waals surface area contributed by atoms with Crippen molar-refractivity contribution in [3.63, 3.8) is 0 Å². The molecular weight excluding hydrogens is 194 g/mol. The third-order valence-corrected chi connectivity index (χ3v) is 4.95. The second kappa shape index (κ2) is 3.59. The third-order valence-electron chi connectivity index (χ3n) is 4.95. The van der Waals surface area contributed by atoms with Crippen molar-refractivity contribution in [1.29, 1.82) is 0 Å². The summed E-state index contributed by atoms with van der Waals surface area (Å²) in [7, 11) is 2.15. The highest BCUT2D eigenvalue weighted by Gasteiger charge is 2.50. The standard InChI is InChI=1S/C15H21N/c1-11-6-5-8-13-10-12-7-3-4-9-14(12)15(11,13)16-2/h3-4,7,9,11,13,16H,5-6,8,10H2,1-2H3/t11-,13+,15-/m0/s1. The van der Waals surface area contributed by atoms with Gasteiger partial charge in [0.25, 0.3) is 0 Å². The van der Waals surface area contributed by atoms with Crippen LogP contribution in [-0.4, -0.2) is 7.05 Å². The molecule has 0 heterocycles. The van der Waals surface area contributed by atoms with E-state index in [9.17, 15) is 0 Å². The normalized spacial score (nSPS) is 36.9. The monoisotopic (exact) mass is 215 g/mol. The van der Waals surface area contributed by atoms with Crippen LogP contribution >= 0.6 is 0 Å². The fraction of sp³-hybridized carbons (Fsp3) is 0.600. The summed E-state index contributed by atoms with van der Waals surface area (Å²) in [5.74, 6) is 1.58. The average Bonchev–Trinajstić information content (AvgIpc) is 2.65. The number of hydrogen-bond donors (Lipinski definition) is 1. The summed E-state index contributed by atoms with van der Waals surface area (Å²) in [6.45, 7) is 2.42. The van der Waals surface area contributed by atoms with Crippen molar-refractivity contribution in [2.24, 2.45) is 11.8 Å². The van der Waals surface area contributed by atoms with Crippen LogP contribution in [0, 0.1) is 11.8 Å². The van der Waals surface area contributed by atoms with E-state index in [1.54, 1.807) is 11.1 Å². The lowest BCUT2D eigenvalue weighted by Crippen LogP contribution is -2.51. The van der Waals surface area contributed by atoms with Crippen molar-refractivity contribution in [2.75, 3.05) is 7.05 Å². The molecule has 1 aromatic carbocycles. The molecule has 3 atom stereocenters. The maximum atomic E-state index is 3.69. The molecule has 0 amide bonds. The fourth-order valence-electron chi connectivity index (χ4n) is 4.23. The van der Waals surface area contributed by atoms with E-state index in [-0.39, 0.29) is 5.54 Å². The van der Waals surface area contributed by atoms with Gasteiger partial charge in [-0.05, 0) is 49.3 Å². The van der Waals surface area contributed by atoms with E-state index in [1.807, 2.05) is 0 Å². The Kier molecular flexibility index (Phi) is 2.32. The van der Waals surface area contributed by atoms with Crippen molar-refractivity contribution < 1.29 is 0 Å². The Morgan fingerprint density at radius 1 is 1.25 bits per heavy atom. The maximum Gasteiger partial charge on any atom is 0.0492 e. The Morgan fingerprint density at radius 2 is 2.06 bits per heavy atom. The Balaban J connectivity index is 2.15. The van der Waals surface area contributed by atoms with Crippen molar-refractivity contribution in [2.45, 2.75) is 38.1 Å². The van der Waals surface area contributed by atoms with Crippen molar-refractivity contribution >= 4 is 0 Å². The maximum absolute atomic E-state index is 3.69. The molecule has 1 heteroatoms. The second-order valence-electron chi connectivity index (χ2n) is 5.51. The lowest BCUT2D eigenvalue weighted by molar-refractivity contribution is 0.103. The van der Waals surface area contributed by atoms with Crippen molar-refractivity contribution in [3.05, 3.63) is 35.4 Å². The highest BCUT2D eigenvalue weighted by Crippen LogP contribution is 2.52. The molecule has 0 spiro atoms. The predicted octanol–water partition coefficient (Wildman–Crippen LogP) is 3.09. The minimum atomic E-state index is 0.273. The largest absolute Gasteiger partial charge is 0.310 e. The minimum absolute atomic E-state index is 0.273. The number of hydrogen-bond acceptors (Lipinski definition) is 1. The number of rotatable bonds is 1. The zero-order valence-corrected chi connectivity index (χ0v) is 10.3. The summed E-state index contributed by atoms with van der Waals surface area (Å²) < 4.78 is 0. The van der Waals surface area contributed by atoms with Crippen LogP contribution < -0.4 is 5.32 Å². The summed E-state index contributed by atoms with van der Waals surface area (Å²) in [5.41, 5.74) is 3.43. The Hall–Kier alpha value is -0.820. The number of fused-ring (bicyclic) bond motifs is 3. The molecule has 0 aliphatic heterocycles. The van der Waals surface area contributed by atoms with Crippen LogP contribution in [0.2, 0.25) is 0 Å². The molecule has 0 radical (unpaired) electrons. The molecule has 0 bridgehead atoms. The van der Waals surface area contributed by atoms with Gasteiger partial charge < -0.3 is 5.32 Å². The van der Waals surface area contributed by atoms with Crippen LogP contribution in [-0.2, 0) is 12.0 Å².